The van der Waals surface area contributed by atoms with Crippen molar-refractivity contribution in [3.05, 3.63) is 193 Å². The molecule has 348 valence electrons. The quantitative estimate of drug-likeness (QED) is 0.0129. The Morgan fingerprint density at radius 1 is 0.456 bits per heavy atom. The number of unbranched alkanes of at least 4 members (excludes halogenated alkanes) is 6. The number of esters is 4. The molecule has 0 unspecified atom stereocenters. The Kier molecular flexibility index (Phi) is 19.4. The summed E-state index contributed by atoms with van der Waals surface area (Å²) in [4.78, 5) is 49.2. The van der Waals surface area contributed by atoms with Gasteiger partial charge in [0, 0.05) is 28.8 Å². The zero-order valence-electron chi connectivity index (χ0n) is 37.9. The fourth-order valence-corrected chi connectivity index (χ4v) is 6.81. The molecule has 0 spiro atoms. The van der Waals surface area contributed by atoms with Gasteiger partial charge in [-0.05, 0) is 135 Å². The number of hydrogen-bond donors (Lipinski definition) is 0. The van der Waals surface area contributed by atoms with Crippen LogP contribution in [-0.4, -0.2) is 62.2 Å². The third-order valence-corrected chi connectivity index (χ3v) is 10.4. The molecule has 0 heterocycles. The van der Waals surface area contributed by atoms with Crippen LogP contribution in [0.1, 0.15) is 88.8 Å². The average Bonchev–Trinajstić information content (AvgIpc) is 3.37. The van der Waals surface area contributed by atoms with E-state index in [0.717, 1.165) is 85.4 Å². The second-order valence-corrected chi connectivity index (χ2v) is 15.4. The van der Waals surface area contributed by atoms with E-state index >= 15 is 0 Å². The molecule has 68 heavy (non-hydrogen) atoms. The predicted octanol–water partition coefficient (Wildman–Crippen LogP) is 11.5. The summed E-state index contributed by atoms with van der Waals surface area (Å²) in [6, 6.07) is 41.8. The normalized spacial score (nSPS) is 11.1. The Morgan fingerprint density at radius 2 is 0.956 bits per heavy atom. The number of nitrogens with zero attached hydrogens (tertiary/aromatic N) is 2. The molecule has 0 saturated heterocycles. The molecular formula is C56H54N2O10. The molecule has 0 aliphatic heterocycles. The van der Waals surface area contributed by atoms with Crippen molar-refractivity contribution in [2.75, 3.05) is 26.4 Å². The van der Waals surface area contributed by atoms with E-state index in [1.165, 1.54) is 12.3 Å². The highest BCUT2D eigenvalue weighted by atomic mass is 16.5. The SMILES string of the molecule is C=CC(=O)OCCCCCCOc1ccc(C(=O)Oc2ccc(OC(=O)c3ccc(OCCCCCCOC(=O)C=C)cc3)c(/C=N/N=C(\c3ccccc3)c3ccc4ccccc4c3)c2)cc1. The summed E-state index contributed by atoms with van der Waals surface area (Å²) in [7, 11) is 0. The molecule has 6 aromatic carbocycles. The van der Waals surface area contributed by atoms with Gasteiger partial charge in [-0.3, -0.25) is 0 Å². The Hall–Kier alpha value is -8.12. The van der Waals surface area contributed by atoms with E-state index in [0.29, 0.717) is 60.3 Å². The maximum Gasteiger partial charge on any atom is 0.343 e. The first-order chi connectivity index (χ1) is 33.3. The molecule has 0 atom stereocenters. The van der Waals surface area contributed by atoms with Crippen LogP contribution in [0, 0.1) is 0 Å². The van der Waals surface area contributed by atoms with Crippen LogP contribution in [0.3, 0.4) is 0 Å². The molecule has 6 aromatic rings. The van der Waals surface area contributed by atoms with Gasteiger partial charge in [-0.15, -0.1) is 5.10 Å². The van der Waals surface area contributed by atoms with Gasteiger partial charge in [0.25, 0.3) is 0 Å². The zero-order chi connectivity index (χ0) is 47.8. The summed E-state index contributed by atoms with van der Waals surface area (Å²) >= 11 is 0. The topological polar surface area (TPSA) is 148 Å². The van der Waals surface area contributed by atoms with E-state index in [1.807, 2.05) is 66.7 Å². The molecule has 12 heteroatoms. The van der Waals surface area contributed by atoms with Crippen molar-refractivity contribution in [1.29, 1.82) is 0 Å². The second-order valence-electron chi connectivity index (χ2n) is 15.4. The van der Waals surface area contributed by atoms with Crippen LogP contribution in [0.15, 0.2) is 175 Å². The van der Waals surface area contributed by atoms with E-state index in [2.05, 4.69) is 29.4 Å². The fraction of sp³-hybridized carbons (Fsp3) is 0.214. The first-order valence-electron chi connectivity index (χ1n) is 22.6. The molecule has 0 aromatic heterocycles. The van der Waals surface area contributed by atoms with E-state index < -0.39 is 23.9 Å². The summed E-state index contributed by atoms with van der Waals surface area (Å²) in [5.74, 6) is -0.485. The minimum absolute atomic E-state index is 0.165. The average molecular weight is 915 g/mol. The minimum Gasteiger partial charge on any atom is -0.494 e. The highest BCUT2D eigenvalue weighted by molar-refractivity contribution is 6.14. The van der Waals surface area contributed by atoms with Gasteiger partial charge in [-0.25, -0.2) is 19.2 Å². The molecule has 0 saturated carbocycles. The summed E-state index contributed by atoms with van der Waals surface area (Å²) in [6.07, 6.45) is 10.5. The van der Waals surface area contributed by atoms with Crippen molar-refractivity contribution in [2.45, 2.75) is 51.4 Å². The molecule has 6 rings (SSSR count). The highest BCUT2D eigenvalue weighted by Crippen LogP contribution is 2.27. The number of benzene rings is 6. The van der Waals surface area contributed by atoms with Gasteiger partial charge < -0.3 is 28.4 Å². The summed E-state index contributed by atoms with van der Waals surface area (Å²) in [5.41, 5.74) is 3.26. The maximum atomic E-state index is 13.5. The Balaban J connectivity index is 1.13. The third-order valence-electron chi connectivity index (χ3n) is 10.4. The molecular weight excluding hydrogens is 861 g/mol. The first kappa shape index (κ1) is 49.3. The maximum absolute atomic E-state index is 13.5. The molecule has 0 aliphatic rings. The number of fused-ring (bicyclic) bond motifs is 1. The lowest BCUT2D eigenvalue weighted by Crippen LogP contribution is -2.11. The second kappa shape index (κ2) is 26.7. The van der Waals surface area contributed by atoms with Crippen molar-refractivity contribution >= 4 is 46.6 Å². The van der Waals surface area contributed by atoms with E-state index in [1.54, 1.807) is 60.7 Å². The van der Waals surface area contributed by atoms with Gasteiger partial charge in [-0.2, -0.15) is 5.10 Å². The molecule has 12 nitrogen and oxygen atoms in total. The van der Waals surface area contributed by atoms with Crippen molar-refractivity contribution in [3.8, 4) is 23.0 Å². The first-order valence-corrected chi connectivity index (χ1v) is 22.6. The number of ether oxygens (including phenoxy) is 6. The number of carbonyl (C=O) groups excluding carboxylic acids is 4. The van der Waals surface area contributed by atoms with Gasteiger partial charge in [0.1, 0.15) is 28.7 Å². The van der Waals surface area contributed by atoms with Gasteiger partial charge >= 0.3 is 23.9 Å². The van der Waals surface area contributed by atoms with Gasteiger partial charge in [0.15, 0.2) is 0 Å². The Labute approximate surface area is 396 Å². The molecule has 0 N–H and O–H groups in total. The lowest BCUT2D eigenvalue weighted by Gasteiger charge is -2.11. The lowest BCUT2D eigenvalue weighted by atomic mass is 9.99. The summed E-state index contributed by atoms with van der Waals surface area (Å²) in [6.45, 7) is 8.49. The number of carbonyl (C=O) groups is 4. The van der Waals surface area contributed by atoms with E-state index in [9.17, 15) is 19.2 Å². The Bertz CT molecular complexity index is 2690. The molecule has 0 amide bonds. The van der Waals surface area contributed by atoms with Crippen LogP contribution >= 0.6 is 0 Å². The third kappa shape index (κ3) is 15.8. The predicted molar refractivity (Wildman–Crippen MR) is 263 cm³/mol. The minimum atomic E-state index is -0.619. The van der Waals surface area contributed by atoms with Crippen LogP contribution in [0.5, 0.6) is 23.0 Å². The number of hydrogen-bond acceptors (Lipinski definition) is 12. The summed E-state index contributed by atoms with van der Waals surface area (Å²) in [5, 5.41) is 11.3. The van der Waals surface area contributed by atoms with Crippen molar-refractivity contribution < 1.29 is 47.6 Å². The standard InChI is InChI=1S/C56H54N2O10/c1-3-52(59)65-36-16-7-5-14-34-63-48-28-24-43(25-29-48)55(61)67-50-32-33-51(68-56(62)44-26-30-49(31-27-44)64-35-15-6-8-17-37-66-53(60)4-2)47(39-50)40-57-58-54(42-19-10-9-11-20-42)46-23-22-41-18-12-13-21-45(41)38-46/h3-4,9-13,18-33,38-40H,1-2,5-8,14-17,34-37H2/b57-40+,58-54+. The van der Waals surface area contributed by atoms with Crippen molar-refractivity contribution in [2.24, 2.45) is 10.2 Å². The van der Waals surface area contributed by atoms with E-state index in [4.69, 9.17) is 28.4 Å². The zero-order valence-corrected chi connectivity index (χ0v) is 37.9. The van der Waals surface area contributed by atoms with Gasteiger partial charge in [0.05, 0.1) is 43.8 Å². The van der Waals surface area contributed by atoms with Gasteiger partial charge in [-0.1, -0.05) is 79.9 Å². The molecule has 0 bridgehead atoms. The van der Waals surface area contributed by atoms with Crippen molar-refractivity contribution in [1.82, 2.24) is 0 Å². The smallest absolute Gasteiger partial charge is 0.343 e. The lowest BCUT2D eigenvalue weighted by molar-refractivity contribution is -0.138. The van der Waals surface area contributed by atoms with Crippen LogP contribution in [0.4, 0.5) is 0 Å². The van der Waals surface area contributed by atoms with Crippen LogP contribution in [0.2, 0.25) is 0 Å². The highest BCUT2D eigenvalue weighted by Gasteiger charge is 2.16. The molecule has 0 aliphatic carbocycles. The summed E-state index contributed by atoms with van der Waals surface area (Å²) < 4.78 is 33.4. The molecule has 0 radical (unpaired) electrons. The van der Waals surface area contributed by atoms with Crippen LogP contribution in [0.25, 0.3) is 10.8 Å². The van der Waals surface area contributed by atoms with Crippen LogP contribution in [-0.2, 0) is 19.1 Å². The largest absolute Gasteiger partial charge is 0.494 e. The van der Waals surface area contributed by atoms with Gasteiger partial charge in [0.2, 0.25) is 0 Å². The van der Waals surface area contributed by atoms with Crippen molar-refractivity contribution in [3.63, 3.8) is 0 Å². The monoisotopic (exact) mass is 914 g/mol. The number of rotatable bonds is 26. The fourth-order valence-electron chi connectivity index (χ4n) is 6.81. The molecule has 0 fully saturated rings. The van der Waals surface area contributed by atoms with Crippen LogP contribution < -0.4 is 18.9 Å². The van der Waals surface area contributed by atoms with E-state index in [-0.39, 0.29) is 11.5 Å². The Morgan fingerprint density at radius 3 is 1.53 bits per heavy atom.